The Kier molecular flexibility index (Phi) is 5.73. The zero-order chi connectivity index (χ0) is 21.2. The van der Waals surface area contributed by atoms with Crippen molar-refractivity contribution >= 4 is 11.7 Å². The van der Waals surface area contributed by atoms with Gasteiger partial charge in [-0.2, -0.15) is 0 Å². The summed E-state index contributed by atoms with van der Waals surface area (Å²) < 4.78 is 5.49. The number of carbonyl (C=O) groups excluding carboxylic acids is 2. The summed E-state index contributed by atoms with van der Waals surface area (Å²) >= 11 is 0. The Morgan fingerprint density at radius 2 is 1.93 bits per heavy atom. The third-order valence-corrected chi connectivity index (χ3v) is 5.03. The number of aliphatic hydroxyl groups is 1. The fourth-order valence-electron chi connectivity index (χ4n) is 3.53. The van der Waals surface area contributed by atoms with Crippen molar-refractivity contribution in [2.45, 2.75) is 33.2 Å². The highest BCUT2D eigenvalue weighted by atomic mass is 16.5. The lowest BCUT2D eigenvalue weighted by Gasteiger charge is -2.29. The number of hydrogen-bond acceptors (Lipinski definition) is 5. The molecule has 0 spiro atoms. The van der Waals surface area contributed by atoms with Crippen LogP contribution in [0.1, 0.15) is 37.9 Å². The lowest BCUT2D eigenvalue weighted by atomic mass is 9.82. The second-order valence-corrected chi connectivity index (χ2v) is 8.10. The lowest BCUT2D eigenvalue weighted by Crippen LogP contribution is -2.34. The summed E-state index contributed by atoms with van der Waals surface area (Å²) in [5, 5.41) is 10.7. The molecule has 1 aromatic carbocycles. The number of aromatic nitrogens is 1. The number of benzene rings is 1. The van der Waals surface area contributed by atoms with E-state index in [0.29, 0.717) is 24.3 Å². The molecule has 1 aliphatic heterocycles. The molecule has 6 nitrogen and oxygen atoms in total. The van der Waals surface area contributed by atoms with E-state index < -0.39 is 23.1 Å². The number of ketones is 1. The van der Waals surface area contributed by atoms with Crippen molar-refractivity contribution in [2.75, 3.05) is 13.7 Å². The molecule has 2 aromatic rings. The van der Waals surface area contributed by atoms with Gasteiger partial charge in [0.1, 0.15) is 5.75 Å². The number of pyridine rings is 1. The molecule has 6 heteroatoms. The molecular formula is C23H26N2O4. The maximum absolute atomic E-state index is 13.2. The van der Waals surface area contributed by atoms with Crippen LogP contribution in [0.25, 0.3) is 0 Å². The summed E-state index contributed by atoms with van der Waals surface area (Å²) in [7, 11) is 1.55. The van der Waals surface area contributed by atoms with Crippen LogP contribution >= 0.6 is 0 Å². The number of methoxy groups -OCH3 is 1. The van der Waals surface area contributed by atoms with Crippen molar-refractivity contribution in [3.05, 3.63) is 71.3 Å². The summed E-state index contributed by atoms with van der Waals surface area (Å²) in [6, 6.07) is 10.3. The predicted molar refractivity (Wildman–Crippen MR) is 110 cm³/mol. The number of nitrogens with zero attached hydrogens (tertiary/aromatic N) is 2. The van der Waals surface area contributed by atoms with Crippen LogP contribution in [0.15, 0.2) is 60.1 Å². The van der Waals surface area contributed by atoms with Gasteiger partial charge in [-0.25, -0.2) is 0 Å². The monoisotopic (exact) mass is 394 g/mol. The summed E-state index contributed by atoms with van der Waals surface area (Å²) in [4.78, 5) is 31.8. The maximum Gasteiger partial charge on any atom is 0.290 e. The van der Waals surface area contributed by atoms with Crippen LogP contribution < -0.4 is 4.74 Å². The first-order chi connectivity index (χ1) is 13.8. The molecule has 1 aliphatic rings. The van der Waals surface area contributed by atoms with Crippen molar-refractivity contribution in [2.24, 2.45) is 5.41 Å². The van der Waals surface area contributed by atoms with E-state index in [1.807, 2.05) is 30.3 Å². The molecule has 1 amide bonds. The van der Waals surface area contributed by atoms with E-state index in [1.165, 1.54) is 0 Å². The number of hydrogen-bond donors (Lipinski definition) is 1. The molecule has 152 valence electrons. The zero-order valence-corrected chi connectivity index (χ0v) is 17.2. The molecule has 2 heterocycles. The van der Waals surface area contributed by atoms with Crippen LogP contribution in [0.5, 0.6) is 5.75 Å². The predicted octanol–water partition coefficient (Wildman–Crippen LogP) is 3.64. The van der Waals surface area contributed by atoms with Gasteiger partial charge in [-0.3, -0.25) is 14.6 Å². The summed E-state index contributed by atoms with van der Waals surface area (Å²) in [5.74, 6) is -0.724. The largest absolute Gasteiger partial charge is 0.503 e. The smallest absolute Gasteiger partial charge is 0.290 e. The van der Waals surface area contributed by atoms with Crippen LogP contribution in [0, 0.1) is 5.41 Å². The number of aliphatic hydroxyl groups excluding tert-OH is 1. The Balaban J connectivity index is 2.05. The van der Waals surface area contributed by atoms with Gasteiger partial charge in [0.25, 0.3) is 5.91 Å². The van der Waals surface area contributed by atoms with E-state index in [9.17, 15) is 14.7 Å². The minimum absolute atomic E-state index is 0.123. The fourth-order valence-corrected chi connectivity index (χ4v) is 3.53. The molecule has 1 atom stereocenters. The average Bonchev–Trinajstić information content (AvgIpc) is 2.96. The van der Waals surface area contributed by atoms with Crippen LogP contribution in [-0.4, -0.2) is 40.3 Å². The number of carbonyl (C=O) groups is 2. The van der Waals surface area contributed by atoms with Gasteiger partial charge in [0.2, 0.25) is 0 Å². The number of para-hydroxylation sites is 1. The molecule has 0 aliphatic carbocycles. The molecule has 29 heavy (non-hydrogen) atoms. The molecule has 0 unspecified atom stereocenters. The number of rotatable bonds is 6. The number of amides is 1. The fraction of sp³-hybridized carbons (Fsp3) is 0.348. The normalized spacial score (nSPS) is 17.0. The van der Waals surface area contributed by atoms with Crippen LogP contribution in [-0.2, 0) is 16.0 Å². The van der Waals surface area contributed by atoms with Crippen LogP contribution in [0.2, 0.25) is 0 Å². The maximum atomic E-state index is 13.2. The molecule has 0 saturated heterocycles. The molecule has 0 radical (unpaired) electrons. The third kappa shape index (κ3) is 4.01. The van der Waals surface area contributed by atoms with Crippen LogP contribution in [0.4, 0.5) is 0 Å². The van der Waals surface area contributed by atoms with Crippen molar-refractivity contribution in [3.63, 3.8) is 0 Å². The third-order valence-electron chi connectivity index (χ3n) is 5.03. The SMILES string of the molecule is COc1ccccc1[C@H]1C(C(=O)C(C)(C)C)=C(O)C(=O)N1CCc1cccnc1. The quantitative estimate of drug-likeness (QED) is 0.809. The Morgan fingerprint density at radius 1 is 1.21 bits per heavy atom. The number of ether oxygens (including phenoxy) is 1. The van der Waals surface area contributed by atoms with Gasteiger partial charge >= 0.3 is 0 Å². The Bertz CT molecular complexity index is 945. The molecule has 1 aromatic heterocycles. The minimum atomic E-state index is -0.747. The van der Waals surface area contributed by atoms with Gasteiger partial charge in [0.15, 0.2) is 11.5 Å². The van der Waals surface area contributed by atoms with Gasteiger partial charge in [0, 0.05) is 29.9 Å². The highest BCUT2D eigenvalue weighted by Crippen LogP contribution is 2.43. The lowest BCUT2D eigenvalue weighted by molar-refractivity contribution is -0.129. The second kappa shape index (κ2) is 8.07. The molecular weight excluding hydrogens is 368 g/mol. The van der Waals surface area contributed by atoms with Gasteiger partial charge < -0.3 is 14.7 Å². The highest BCUT2D eigenvalue weighted by molar-refractivity contribution is 6.10. The van der Waals surface area contributed by atoms with E-state index in [4.69, 9.17) is 4.74 Å². The molecule has 0 saturated carbocycles. The second-order valence-electron chi connectivity index (χ2n) is 8.10. The van der Waals surface area contributed by atoms with Crippen LogP contribution in [0.3, 0.4) is 0 Å². The Labute approximate surface area is 170 Å². The van der Waals surface area contributed by atoms with Gasteiger partial charge in [-0.15, -0.1) is 0 Å². The summed E-state index contributed by atoms with van der Waals surface area (Å²) in [5.41, 5.74) is 1.02. The van der Waals surface area contributed by atoms with Gasteiger partial charge in [0.05, 0.1) is 18.7 Å². The highest BCUT2D eigenvalue weighted by Gasteiger charge is 2.46. The van der Waals surface area contributed by atoms with Gasteiger partial charge in [-0.05, 0) is 24.1 Å². The molecule has 1 N–H and O–H groups in total. The van der Waals surface area contributed by atoms with Crippen molar-refractivity contribution in [3.8, 4) is 5.75 Å². The first-order valence-corrected chi connectivity index (χ1v) is 9.56. The van der Waals surface area contributed by atoms with Crippen molar-refractivity contribution in [1.29, 1.82) is 0 Å². The van der Waals surface area contributed by atoms with E-state index in [-0.39, 0.29) is 11.4 Å². The van der Waals surface area contributed by atoms with E-state index >= 15 is 0 Å². The van der Waals surface area contributed by atoms with E-state index in [0.717, 1.165) is 5.56 Å². The average molecular weight is 394 g/mol. The number of Topliss-reactive ketones (excluding diaryl/α,β-unsaturated/α-hetero) is 1. The standard InChI is InChI=1S/C23H26N2O4/c1-23(2,3)21(27)18-19(16-9-5-6-10-17(16)29-4)25(22(28)20(18)26)13-11-15-8-7-12-24-14-15/h5-10,12,14,19,26H,11,13H2,1-4H3/t19-/m0/s1. The van der Waals surface area contributed by atoms with E-state index in [2.05, 4.69) is 4.98 Å². The summed E-state index contributed by atoms with van der Waals surface area (Å²) in [6.45, 7) is 5.66. The Morgan fingerprint density at radius 3 is 2.55 bits per heavy atom. The van der Waals surface area contributed by atoms with Crippen molar-refractivity contribution < 1.29 is 19.4 Å². The van der Waals surface area contributed by atoms with Gasteiger partial charge in [-0.1, -0.05) is 45.0 Å². The first kappa shape index (κ1) is 20.6. The topological polar surface area (TPSA) is 79.7 Å². The van der Waals surface area contributed by atoms with Crippen molar-refractivity contribution in [1.82, 2.24) is 9.88 Å². The molecule has 0 fully saturated rings. The molecule has 0 bridgehead atoms. The van der Waals surface area contributed by atoms with E-state index in [1.54, 1.807) is 51.2 Å². The first-order valence-electron chi connectivity index (χ1n) is 9.56. The molecule has 3 rings (SSSR count). The summed E-state index contributed by atoms with van der Waals surface area (Å²) in [6.07, 6.45) is 3.98. The Hall–Kier alpha value is -3.15. The minimum Gasteiger partial charge on any atom is -0.503 e. The zero-order valence-electron chi connectivity index (χ0n) is 17.2.